The van der Waals surface area contributed by atoms with Gasteiger partial charge >= 0.3 is 0 Å². The Balaban J connectivity index is 2.30. The molecule has 1 aromatic rings. The van der Waals surface area contributed by atoms with Crippen molar-refractivity contribution >= 4 is 0 Å². The van der Waals surface area contributed by atoms with Gasteiger partial charge in [-0.2, -0.15) is 15.0 Å². The molecule has 0 amide bonds. The van der Waals surface area contributed by atoms with Crippen molar-refractivity contribution in [2.75, 3.05) is 6.61 Å². The van der Waals surface area contributed by atoms with Crippen molar-refractivity contribution in [2.45, 2.75) is 6.54 Å². The summed E-state index contributed by atoms with van der Waals surface area (Å²) in [6.45, 7) is 1.04. The molecule has 5 heteroatoms. The molecule has 9 heavy (non-hydrogen) atoms. The highest BCUT2D eigenvalue weighted by molar-refractivity contribution is 4.59. The van der Waals surface area contributed by atoms with Gasteiger partial charge in [0.15, 0.2) is 0 Å². The van der Waals surface area contributed by atoms with E-state index in [-0.39, 0.29) is 0 Å². The summed E-state index contributed by atoms with van der Waals surface area (Å²) in [6, 6.07) is 0. The topological polar surface area (TPSA) is 66.0 Å². The van der Waals surface area contributed by atoms with Crippen LogP contribution in [0.25, 0.3) is 0 Å². The fourth-order valence-corrected chi connectivity index (χ4v) is 0.493. The van der Waals surface area contributed by atoms with E-state index in [9.17, 15) is 0 Å². The molecule has 0 aliphatic carbocycles. The van der Waals surface area contributed by atoms with Crippen LogP contribution in [0.3, 0.4) is 0 Å². The van der Waals surface area contributed by atoms with Crippen LogP contribution in [0.4, 0.5) is 0 Å². The van der Waals surface area contributed by atoms with Crippen molar-refractivity contribution in [1.82, 2.24) is 15.0 Å². The van der Waals surface area contributed by atoms with E-state index < -0.39 is 0 Å². The number of rotatable bonds is 3. The van der Waals surface area contributed by atoms with Crippen LogP contribution >= 0.6 is 0 Å². The van der Waals surface area contributed by atoms with Gasteiger partial charge in [-0.3, -0.25) is 0 Å². The molecule has 0 atom stereocenters. The van der Waals surface area contributed by atoms with E-state index in [1.807, 2.05) is 0 Å². The zero-order valence-electron chi connectivity index (χ0n) is 4.90. The Morgan fingerprint density at radius 2 is 2.11 bits per heavy atom. The van der Waals surface area contributed by atoms with E-state index in [0.717, 1.165) is 0 Å². The largest absolute Gasteiger partial charge is 0.303 e. The van der Waals surface area contributed by atoms with E-state index in [1.54, 1.807) is 12.4 Å². The number of aromatic nitrogens is 3. The summed E-state index contributed by atoms with van der Waals surface area (Å²) >= 11 is 0. The molecule has 0 aromatic carbocycles. The maximum atomic E-state index is 4.78. The van der Waals surface area contributed by atoms with Gasteiger partial charge in [-0.15, -0.1) is 0 Å². The molecule has 1 heterocycles. The molecule has 0 aliphatic heterocycles. The van der Waals surface area contributed by atoms with Gasteiger partial charge in [0.05, 0.1) is 25.5 Å². The second-order valence-electron chi connectivity index (χ2n) is 1.50. The van der Waals surface area contributed by atoms with Crippen LogP contribution in [-0.2, 0) is 11.4 Å². The summed E-state index contributed by atoms with van der Waals surface area (Å²) in [6.07, 6.45) is 3.22. The first kappa shape index (κ1) is 6.18. The summed E-state index contributed by atoms with van der Waals surface area (Å²) < 4.78 is 0. The standard InChI is InChI=1S/C4H8N4O/c5-9-4-3-8-6-1-2-7-8/h1-2H,3-5H2. The smallest absolute Gasteiger partial charge is 0.0893 e. The minimum absolute atomic E-state index is 0.439. The molecule has 2 N–H and O–H groups in total. The van der Waals surface area contributed by atoms with Crippen LogP contribution in [0.15, 0.2) is 12.4 Å². The molecule has 0 bridgehead atoms. The van der Waals surface area contributed by atoms with Crippen LogP contribution in [0.1, 0.15) is 0 Å². The molecule has 0 fully saturated rings. The molecule has 0 spiro atoms. The molecule has 5 nitrogen and oxygen atoms in total. The first-order chi connectivity index (χ1) is 4.43. The molecule has 0 unspecified atom stereocenters. The lowest BCUT2D eigenvalue weighted by Crippen LogP contribution is -2.11. The van der Waals surface area contributed by atoms with Crippen molar-refractivity contribution in [3.8, 4) is 0 Å². The lowest BCUT2D eigenvalue weighted by Gasteiger charge is -1.94. The van der Waals surface area contributed by atoms with Crippen molar-refractivity contribution in [3.05, 3.63) is 12.4 Å². The molecule has 50 valence electrons. The molecule has 1 aromatic heterocycles. The van der Waals surface area contributed by atoms with Gasteiger partial charge in [0.2, 0.25) is 0 Å². The highest BCUT2D eigenvalue weighted by Crippen LogP contribution is 1.76. The van der Waals surface area contributed by atoms with Gasteiger partial charge < -0.3 is 4.84 Å². The summed E-state index contributed by atoms with van der Waals surface area (Å²) in [5, 5.41) is 7.65. The summed E-state index contributed by atoms with van der Waals surface area (Å²) in [7, 11) is 0. The van der Waals surface area contributed by atoms with E-state index in [0.29, 0.717) is 13.2 Å². The molecule has 0 radical (unpaired) electrons. The average Bonchev–Trinajstić information content (AvgIpc) is 2.34. The second kappa shape index (κ2) is 3.16. The maximum Gasteiger partial charge on any atom is 0.0893 e. The van der Waals surface area contributed by atoms with Gasteiger partial charge in [-0.25, -0.2) is 5.90 Å². The predicted octanol–water partition coefficient (Wildman–Crippen LogP) is -0.832. The van der Waals surface area contributed by atoms with E-state index >= 15 is 0 Å². The summed E-state index contributed by atoms with van der Waals surface area (Å²) in [5.41, 5.74) is 0. The third-order valence-electron chi connectivity index (χ3n) is 0.876. The first-order valence-electron chi connectivity index (χ1n) is 2.59. The van der Waals surface area contributed by atoms with Crippen molar-refractivity contribution in [3.63, 3.8) is 0 Å². The van der Waals surface area contributed by atoms with Crippen molar-refractivity contribution in [2.24, 2.45) is 5.90 Å². The quantitative estimate of drug-likeness (QED) is 0.539. The molecule has 1 rings (SSSR count). The van der Waals surface area contributed by atoms with E-state index in [1.165, 1.54) is 4.80 Å². The molecular formula is C4H8N4O. The highest BCUT2D eigenvalue weighted by Gasteiger charge is 1.87. The van der Waals surface area contributed by atoms with Gasteiger partial charge in [0.1, 0.15) is 0 Å². The van der Waals surface area contributed by atoms with Crippen LogP contribution in [0.5, 0.6) is 0 Å². The molecular weight excluding hydrogens is 120 g/mol. The molecule has 0 aliphatic rings. The zero-order valence-corrected chi connectivity index (χ0v) is 4.90. The second-order valence-corrected chi connectivity index (χ2v) is 1.50. The number of hydrogen-bond acceptors (Lipinski definition) is 4. The number of nitrogens with two attached hydrogens (primary N) is 1. The Labute approximate surface area is 52.4 Å². The SMILES string of the molecule is NOCCn1nccn1. The van der Waals surface area contributed by atoms with Crippen LogP contribution in [0.2, 0.25) is 0 Å². The molecule has 0 saturated heterocycles. The number of hydrogen-bond donors (Lipinski definition) is 1. The Morgan fingerprint density at radius 1 is 1.44 bits per heavy atom. The first-order valence-corrected chi connectivity index (χ1v) is 2.59. The third-order valence-corrected chi connectivity index (χ3v) is 0.876. The van der Waals surface area contributed by atoms with Gasteiger partial charge in [-0.1, -0.05) is 0 Å². The Bertz CT molecular complexity index is 150. The normalized spacial score (nSPS) is 9.89. The maximum absolute atomic E-state index is 4.78. The third kappa shape index (κ3) is 1.79. The number of nitrogens with zero attached hydrogens (tertiary/aromatic N) is 3. The Morgan fingerprint density at radius 3 is 2.67 bits per heavy atom. The van der Waals surface area contributed by atoms with Crippen LogP contribution in [0, 0.1) is 0 Å². The summed E-state index contributed by atoms with van der Waals surface area (Å²) in [5.74, 6) is 4.78. The lowest BCUT2D eigenvalue weighted by molar-refractivity contribution is 0.123. The van der Waals surface area contributed by atoms with Crippen LogP contribution < -0.4 is 5.90 Å². The van der Waals surface area contributed by atoms with Crippen molar-refractivity contribution < 1.29 is 4.84 Å². The predicted molar refractivity (Wildman–Crippen MR) is 30.2 cm³/mol. The fourth-order valence-electron chi connectivity index (χ4n) is 0.493. The van der Waals surface area contributed by atoms with Gasteiger partial charge in [0.25, 0.3) is 0 Å². The minimum atomic E-state index is 0.439. The Hall–Kier alpha value is -0.940. The average molecular weight is 128 g/mol. The lowest BCUT2D eigenvalue weighted by atomic mass is 10.7. The van der Waals surface area contributed by atoms with Gasteiger partial charge in [0, 0.05) is 0 Å². The monoisotopic (exact) mass is 128 g/mol. The highest BCUT2D eigenvalue weighted by atomic mass is 16.6. The van der Waals surface area contributed by atoms with E-state index in [4.69, 9.17) is 5.90 Å². The minimum Gasteiger partial charge on any atom is -0.303 e. The van der Waals surface area contributed by atoms with E-state index in [2.05, 4.69) is 15.0 Å². The molecule has 0 saturated carbocycles. The van der Waals surface area contributed by atoms with Crippen molar-refractivity contribution in [1.29, 1.82) is 0 Å². The summed E-state index contributed by atoms with van der Waals surface area (Å²) in [4.78, 5) is 5.82. The van der Waals surface area contributed by atoms with Crippen LogP contribution in [-0.4, -0.2) is 21.6 Å². The zero-order chi connectivity index (χ0) is 6.53. The van der Waals surface area contributed by atoms with Gasteiger partial charge in [-0.05, 0) is 0 Å². The fraction of sp³-hybridized carbons (Fsp3) is 0.500. The Kier molecular flexibility index (Phi) is 2.17.